The molecule has 1 amide bonds. The summed E-state index contributed by atoms with van der Waals surface area (Å²) in [4.78, 5) is 13.4. The van der Waals surface area contributed by atoms with E-state index in [1.807, 2.05) is 31.2 Å². The van der Waals surface area contributed by atoms with Crippen molar-refractivity contribution >= 4 is 17.5 Å². The van der Waals surface area contributed by atoms with E-state index in [-0.39, 0.29) is 12.5 Å². The van der Waals surface area contributed by atoms with Crippen LogP contribution >= 0.6 is 11.6 Å². The number of rotatable bonds is 5. The normalized spacial score (nSPS) is 10.2. The molecule has 0 fully saturated rings. The number of benzene rings is 1. The van der Waals surface area contributed by atoms with Crippen LogP contribution in [0.1, 0.15) is 12.5 Å². The van der Waals surface area contributed by atoms with Gasteiger partial charge in [0.15, 0.2) is 0 Å². The molecule has 0 bridgehead atoms. The molecule has 0 unspecified atom stereocenters. The van der Waals surface area contributed by atoms with Gasteiger partial charge in [-0.3, -0.25) is 4.79 Å². The predicted molar refractivity (Wildman–Crippen MR) is 64.4 cm³/mol. The third-order valence-corrected chi connectivity index (χ3v) is 2.69. The molecule has 0 aromatic heterocycles. The average molecular weight is 242 g/mol. The highest BCUT2D eigenvalue weighted by molar-refractivity contribution is 6.31. The summed E-state index contributed by atoms with van der Waals surface area (Å²) >= 11 is 6.04. The molecule has 0 aliphatic carbocycles. The summed E-state index contributed by atoms with van der Waals surface area (Å²) in [5, 5.41) is 0.686. The molecular formula is C12H16ClNO2. The van der Waals surface area contributed by atoms with Crippen molar-refractivity contribution in [2.45, 2.75) is 13.5 Å². The minimum Gasteiger partial charge on any atom is -0.375 e. The fraction of sp³-hybridized carbons (Fsp3) is 0.417. The average Bonchev–Trinajstić information content (AvgIpc) is 2.28. The van der Waals surface area contributed by atoms with Crippen molar-refractivity contribution in [3.05, 3.63) is 34.9 Å². The molecule has 0 radical (unpaired) electrons. The number of carbonyl (C=O) groups is 1. The van der Waals surface area contributed by atoms with Crippen molar-refractivity contribution in [1.29, 1.82) is 0 Å². The minimum absolute atomic E-state index is 0.0232. The molecule has 0 N–H and O–H groups in total. The Labute approximate surface area is 101 Å². The lowest BCUT2D eigenvalue weighted by Crippen LogP contribution is -2.33. The Balaban J connectivity index is 2.70. The van der Waals surface area contributed by atoms with Gasteiger partial charge in [0.1, 0.15) is 6.61 Å². The zero-order valence-electron chi connectivity index (χ0n) is 9.57. The second-order valence-corrected chi connectivity index (χ2v) is 3.84. The van der Waals surface area contributed by atoms with Crippen LogP contribution in [-0.2, 0) is 16.1 Å². The maximum absolute atomic E-state index is 11.6. The third kappa shape index (κ3) is 3.51. The zero-order valence-corrected chi connectivity index (χ0v) is 10.3. The molecule has 0 saturated carbocycles. The van der Waals surface area contributed by atoms with Crippen molar-refractivity contribution in [3.63, 3.8) is 0 Å². The smallest absolute Gasteiger partial charge is 0.248 e. The first kappa shape index (κ1) is 13.0. The lowest BCUT2D eigenvalue weighted by atomic mass is 10.2. The topological polar surface area (TPSA) is 29.5 Å². The lowest BCUT2D eigenvalue weighted by molar-refractivity contribution is -0.135. The number of likely N-dealkylation sites (N-methyl/N-ethyl adjacent to an activating group) is 1. The Morgan fingerprint density at radius 3 is 2.69 bits per heavy atom. The summed E-state index contributed by atoms with van der Waals surface area (Å²) in [6.45, 7) is 3.22. The van der Waals surface area contributed by atoms with Gasteiger partial charge < -0.3 is 9.64 Å². The van der Waals surface area contributed by atoms with E-state index in [1.54, 1.807) is 4.90 Å². The third-order valence-electron chi connectivity index (χ3n) is 2.32. The largest absolute Gasteiger partial charge is 0.375 e. The Morgan fingerprint density at radius 2 is 2.12 bits per heavy atom. The van der Waals surface area contributed by atoms with Gasteiger partial charge in [-0.25, -0.2) is 0 Å². The van der Waals surface area contributed by atoms with Gasteiger partial charge in [-0.2, -0.15) is 0 Å². The van der Waals surface area contributed by atoms with Crippen molar-refractivity contribution < 1.29 is 9.53 Å². The van der Waals surface area contributed by atoms with Gasteiger partial charge in [0, 0.05) is 25.2 Å². The van der Waals surface area contributed by atoms with Crippen molar-refractivity contribution in [2.75, 3.05) is 20.3 Å². The molecule has 16 heavy (non-hydrogen) atoms. The highest BCUT2D eigenvalue weighted by Crippen LogP contribution is 2.16. The summed E-state index contributed by atoms with van der Waals surface area (Å²) in [6, 6.07) is 7.53. The Morgan fingerprint density at radius 1 is 1.44 bits per heavy atom. The van der Waals surface area contributed by atoms with Gasteiger partial charge >= 0.3 is 0 Å². The molecule has 88 valence electrons. The van der Waals surface area contributed by atoms with E-state index in [4.69, 9.17) is 16.3 Å². The van der Waals surface area contributed by atoms with Gasteiger partial charge in [0.05, 0.1) is 0 Å². The first-order valence-electron chi connectivity index (χ1n) is 5.19. The number of methoxy groups -OCH3 is 1. The maximum Gasteiger partial charge on any atom is 0.248 e. The van der Waals surface area contributed by atoms with Crippen LogP contribution in [0.3, 0.4) is 0 Å². The quantitative estimate of drug-likeness (QED) is 0.792. The van der Waals surface area contributed by atoms with E-state index >= 15 is 0 Å². The van der Waals surface area contributed by atoms with Crippen LogP contribution in [0.4, 0.5) is 0 Å². The SMILES string of the molecule is CCN(Cc1ccccc1Cl)C(=O)COC. The maximum atomic E-state index is 11.6. The summed E-state index contributed by atoms with van der Waals surface area (Å²) in [7, 11) is 1.52. The highest BCUT2D eigenvalue weighted by Gasteiger charge is 2.12. The van der Waals surface area contributed by atoms with E-state index in [9.17, 15) is 4.79 Å². The minimum atomic E-state index is -0.0232. The molecule has 0 atom stereocenters. The van der Waals surface area contributed by atoms with Crippen LogP contribution in [0.15, 0.2) is 24.3 Å². The van der Waals surface area contributed by atoms with Crippen molar-refractivity contribution in [1.82, 2.24) is 4.90 Å². The summed E-state index contributed by atoms with van der Waals surface area (Å²) < 4.78 is 4.83. The standard InChI is InChI=1S/C12H16ClNO2/c1-3-14(12(15)9-16-2)8-10-6-4-5-7-11(10)13/h4-7H,3,8-9H2,1-2H3. The van der Waals surface area contributed by atoms with Gasteiger partial charge in [-0.05, 0) is 18.6 Å². The van der Waals surface area contributed by atoms with Crippen LogP contribution in [0, 0.1) is 0 Å². The molecule has 0 heterocycles. The summed E-state index contributed by atoms with van der Waals surface area (Å²) in [6.07, 6.45) is 0. The second kappa shape index (κ2) is 6.51. The number of amides is 1. The highest BCUT2D eigenvalue weighted by atomic mass is 35.5. The Kier molecular flexibility index (Phi) is 5.29. The van der Waals surface area contributed by atoms with E-state index in [0.717, 1.165) is 5.56 Å². The zero-order chi connectivity index (χ0) is 12.0. The molecule has 1 aromatic carbocycles. The molecule has 0 spiro atoms. The first-order chi connectivity index (χ1) is 7.69. The molecule has 1 rings (SSSR count). The van der Waals surface area contributed by atoms with E-state index < -0.39 is 0 Å². The number of ether oxygens (including phenoxy) is 1. The van der Waals surface area contributed by atoms with Crippen molar-refractivity contribution in [2.24, 2.45) is 0 Å². The first-order valence-corrected chi connectivity index (χ1v) is 5.57. The molecule has 1 aromatic rings. The molecule has 0 saturated heterocycles. The monoisotopic (exact) mass is 241 g/mol. The van der Waals surface area contributed by atoms with Crippen LogP contribution in [0.25, 0.3) is 0 Å². The van der Waals surface area contributed by atoms with E-state index in [2.05, 4.69) is 0 Å². The van der Waals surface area contributed by atoms with Crippen LogP contribution < -0.4 is 0 Å². The van der Waals surface area contributed by atoms with Crippen LogP contribution in [0.5, 0.6) is 0 Å². The summed E-state index contributed by atoms with van der Waals surface area (Å²) in [5.41, 5.74) is 0.954. The van der Waals surface area contributed by atoms with E-state index in [0.29, 0.717) is 18.1 Å². The molecular weight excluding hydrogens is 226 g/mol. The fourth-order valence-corrected chi connectivity index (χ4v) is 1.62. The van der Waals surface area contributed by atoms with Gasteiger partial charge in [0.25, 0.3) is 0 Å². The number of hydrogen-bond acceptors (Lipinski definition) is 2. The molecule has 0 aliphatic rings. The lowest BCUT2D eigenvalue weighted by Gasteiger charge is -2.21. The van der Waals surface area contributed by atoms with Crippen LogP contribution in [-0.4, -0.2) is 31.1 Å². The fourth-order valence-electron chi connectivity index (χ4n) is 1.42. The van der Waals surface area contributed by atoms with E-state index in [1.165, 1.54) is 7.11 Å². The van der Waals surface area contributed by atoms with Crippen molar-refractivity contribution in [3.8, 4) is 0 Å². The number of halogens is 1. The van der Waals surface area contributed by atoms with Gasteiger partial charge in [-0.1, -0.05) is 29.8 Å². The molecule has 0 aliphatic heterocycles. The number of hydrogen-bond donors (Lipinski definition) is 0. The summed E-state index contributed by atoms with van der Waals surface area (Å²) in [5.74, 6) is -0.0232. The molecule has 4 heteroatoms. The predicted octanol–water partition coefficient (Wildman–Crippen LogP) is 2.33. The van der Waals surface area contributed by atoms with Gasteiger partial charge in [-0.15, -0.1) is 0 Å². The number of nitrogens with zero attached hydrogens (tertiary/aromatic N) is 1. The number of carbonyl (C=O) groups excluding carboxylic acids is 1. The molecule has 3 nitrogen and oxygen atoms in total. The second-order valence-electron chi connectivity index (χ2n) is 3.43. The van der Waals surface area contributed by atoms with Gasteiger partial charge in [0.2, 0.25) is 5.91 Å². The Bertz CT molecular complexity index is 355. The van der Waals surface area contributed by atoms with Crippen LogP contribution in [0.2, 0.25) is 5.02 Å². The Hall–Kier alpha value is -1.06.